The average Bonchev–Trinajstić information content (AvgIpc) is 2.79. The fourth-order valence-electron chi connectivity index (χ4n) is 4.52. The van der Waals surface area contributed by atoms with Crippen molar-refractivity contribution in [3.63, 3.8) is 0 Å². The zero-order valence-electron chi connectivity index (χ0n) is 17.5. The van der Waals surface area contributed by atoms with Gasteiger partial charge in [0.1, 0.15) is 4.90 Å². The van der Waals surface area contributed by atoms with Crippen molar-refractivity contribution in [1.29, 1.82) is 0 Å². The summed E-state index contributed by atoms with van der Waals surface area (Å²) in [6, 6.07) is 0. The van der Waals surface area contributed by atoms with Crippen molar-refractivity contribution in [2.75, 3.05) is 50.5 Å². The van der Waals surface area contributed by atoms with Gasteiger partial charge in [0.05, 0.1) is 25.1 Å². The fourth-order valence-corrected chi connectivity index (χ4v) is 5.35. The minimum absolute atomic E-state index is 0.00724. The topological polar surface area (TPSA) is 92.7 Å². The minimum atomic E-state index is -3.43. The van der Waals surface area contributed by atoms with Crippen molar-refractivity contribution < 1.29 is 17.9 Å². The van der Waals surface area contributed by atoms with Gasteiger partial charge in [0, 0.05) is 44.3 Å². The van der Waals surface area contributed by atoms with Crippen molar-refractivity contribution >= 4 is 21.7 Å². The van der Waals surface area contributed by atoms with Crippen LogP contribution in [0.25, 0.3) is 0 Å². The van der Waals surface area contributed by atoms with Gasteiger partial charge in [-0.25, -0.2) is 18.4 Å². The van der Waals surface area contributed by atoms with Crippen molar-refractivity contribution in [1.82, 2.24) is 14.9 Å². The van der Waals surface area contributed by atoms with Gasteiger partial charge >= 0.3 is 0 Å². The summed E-state index contributed by atoms with van der Waals surface area (Å²) in [5.41, 5.74) is 0.599. The number of carbonyl (C=O) groups is 1. The fraction of sp³-hybridized carbons (Fsp3) is 0.667. The Labute approximate surface area is 178 Å². The van der Waals surface area contributed by atoms with Gasteiger partial charge in [-0.05, 0) is 32.1 Å². The van der Waals surface area contributed by atoms with E-state index in [1.54, 1.807) is 0 Å². The molecule has 3 heterocycles. The molecule has 3 aliphatic rings. The lowest BCUT2D eigenvalue weighted by molar-refractivity contribution is -0.136. The number of sulfone groups is 1. The molecule has 0 radical (unpaired) electrons. The molecule has 0 saturated carbocycles. The molecule has 0 bridgehead atoms. The number of hydrogen-bond donors (Lipinski definition) is 0. The van der Waals surface area contributed by atoms with E-state index in [9.17, 15) is 13.2 Å². The number of morpholine rings is 1. The van der Waals surface area contributed by atoms with Gasteiger partial charge in [-0.2, -0.15) is 0 Å². The number of likely N-dealkylation sites (tertiary alicyclic amines) is 1. The largest absolute Gasteiger partial charge is 0.378 e. The minimum Gasteiger partial charge on any atom is -0.378 e. The SMILES string of the molecule is CS(=O)(=O)c1cnc(N2CCOCC2)nc1C1CCN(C(=O)C2CC=CCC2)CC1. The maximum atomic E-state index is 12.8. The van der Waals surface area contributed by atoms with Gasteiger partial charge in [-0.3, -0.25) is 4.79 Å². The summed E-state index contributed by atoms with van der Waals surface area (Å²) in [4.78, 5) is 26.1. The molecule has 1 amide bonds. The van der Waals surface area contributed by atoms with Gasteiger partial charge in [-0.15, -0.1) is 0 Å². The Bertz CT molecular complexity index is 904. The van der Waals surface area contributed by atoms with Crippen LogP contribution in [0.15, 0.2) is 23.2 Å². The first-order valence-electron chi connectivity index (χ1n) is 10.8. The molecule has 1 aliphatic carbocycles. The van der Waals surface area contributed by atoms with Crippen molar-refractivity contribution in [2.24, 2.45) is 5.92 Å². The first kappa shape index (κ1) is 21.2. The highest BCUT2D eigenvalue weighted by atomic mass is 32.2. The van der Waals surface area contributed by atoms with E-state index in [2.05, 4.69) is 17.1 Å². The van der Waals surface area contributed by atoms with Crippen LogP contribution < -0.4 is 4.90 Å². The third kappa shape index (κ3) is 4.67. The van der Waals surface area contributed by atoms with Crippen LogP contribution in [-0.4, -0.2) is 74.8 Å². The monoisotopic (exact) mass is 434 g/mol. The van der Waals surface area contributed by atoms with Crippen LogP contribution in [-0.2, 0) is 19.4 Å². The number of amides is 1. The molecule has 164 valence electrons. The molecule has 2 saturated heterocycles. The molecule has 2 aliphatic heterocycles. The highest BCUT2D eigenvalue weighted by molar-refractivity contribution is 7.90. The molecular formula is C21H30N4O4S. The maximum absolute atomic E-state index is 12.8. The second kappa shape index (κ2) is 9.01. The molecule has 2 fully saturated rings. The molecule has 8 nitrogen and oxygen atoms in total. The molecule has 0 N–H and O–H groups in total. The average molecular weight is 435 g/mol. The zero-order valence-corrected chi connectivity index (χ0v) is 18.3. The number of ether oxygens (including phenoxy) is 1. The molecule has 0 spiro atoms. The van der Waals surface area contributed by atoms with E-state index < -0.39 is 9.84 Å². The number of anilines is 1. The van der Waals surface area contributed by atoms with Crippen LogP contribution in [0.5, 0.6) is 0 Å². The first-order valence-corrected chi connectivity index (χ1v) is 12.7. The molecule has 1 aromatic rings. The Hall–Kier alpha value is -2.00. The number of carbonyl (C=O) groups excluding carboxylic acids is 1. The highest BCUT2D eigenvalue weighted by Gasteiger charge is 2.32. The number of piperidine rings is 1. The highest BCUT2D eigenvalue weighted by Crippen LogP contribution is 2.33. The van der Waals surface area contributed by atoms with Crippen LogP contribution in [0, 0.1) is 5.92 Å². The van der Waals surface area contributed by atoms with E-state index in [0.717, 1.165) is 32.1 Å². The van der Waals surface area contributed by atoms with E-state index in [1.165, 1.54) is 12.5 Å². The summed E-state index contributed by atoms with van der Waals surface area (Å²) in [5, 5.41) is 0. The van der Waals surface area contributed by atoms with Crippen LogP contribution in [0.2, 0.25) is 0 Å². The normalized spacial score (nSPS) is 23.6. The lowest BCUT2D eigenvalue weighted by Gasteiger charge is -2.35. The smallest absolute Gasteiger partial charge is 0.226 e. The predicted molar refractivity (Wildman–Crippen MR) is 113 cm³/mol. The summed E-state index contributed by atoms with van der Waals surface area (Å²) in [5.74, 6) is 0.893. The first-order chi connectivity index (χ1) is 14.4. The van der Waals surface area contributed by atoms with E-state index in [-0.39, 0.29) is 22.6 Å². The number of hydrogen-bond acceptors (Lipinski definition) is 7. The molecule has 4 rings (SSSR count). The summed E-state index contributed by atoms with van der Waals surface area (Å²) in [7, 11) is -3.43. The van der Waals surface area contributed by atoms with Crippen LogP contribution in [0.1, 0.15) is 43.7 Å². The van der Waals surface area contributed by atoms with Crippen LogP contribution in [0.3, 0.4) is 0 Å². The Morgan fingerprint density at radius 2 is 1.83 bits per heavy atom. The van der Waals surface area contributed by atoms with E-state index in [0.29, 0.717) is 51.0 Å². The molecule has 9 heteroatoms. The third-order valence-electron chi connectivity index (χ3n) is 6.28. The standard InChI is InChI=1S/C21H30N4O4S/c1-30(27,28)18-15-22-21(25-11-13-29-14-12-25)23-19(18)16-7-9-24(10-8-16)20(26)17-5-3-2-4-6-17/h2-3,15-17H,4-14H2,1H3. The summed E-state index contributed by atoms with van der Waals surface area (Å²) < 4.78 is 30.2. The molecule has 0 aromatic carbocycles. The molecule has 1 unspecified atom stereocenters. The summed E-state index contributed by atoms with van der Waals surface area (Å²) in [6.07, 6.45) is 11.1. The van der Waals surface area contributed by atoms with Gasteiger partial charge < -0.3 is 14.5 Å². The molecular weight excluding hydrogens is 404 g/mol. The molecule has 1 atom stereocenters. The predicted octanol–water partition coefficient (Wildman–Crippen LogP) is 1.78. The Kier molecular flexibility index (Phi) is 6.38. The maximum Gasteiger partial charge on any atom is 0.226 e. The van der Waals surface area contributed by atoms with Crippen molar-refractivity contribution in [2.45, 2.75) is 42.9 Å². The molecule has 30 heavy (non-hydrogen) atoms. The van der Waals surface area contributed by atoms with E-state index in [1.807, 2.05) is 9.80 Å². The quantitative estimate of drug-likeness (QED) is 0.667. The molecule has 1 aromatic heterocycles. The van der Waals surface area contributed by atoms with Crippen LogP contribution >= 0.6 is 0 Å². The number of rotatable bonds is 4. The van der Waals surface area contributed by atoms with Gasteiger partial charge in [-0.1, -0.05) is 12.2 Å². The third-order valence-corrected chi connectivity index (χ3v) is 7.39. The number of nitrogens with zero attached hydrogens (tertiary/aromatic N) is 4. The number of aromatic nitrogens is 2. The second-order valence-electron chi connectivity index (χ2n) is 8.37. The van der Waals surface area contributed by atoms with Gasteiger partial charge in [0.2, 0.25) is 11.9 Å². The van der Waals surface area contributed by atoms with Crippen LogP contribution in [0.4, 0.5) is 5.95 Å². The zero-order chi connectivity index (χ0) is 21.1. The van der Waals surface area contributed by atoms with E-state index in [4.69, 9.17) is 9.72 Å². The van der Waals surface area contributed by atoms with Crippen molar-refractivity contribution in [3.8, 4) is 0 Å². The number of allylic oxidation sites excluding steroid dienone is 2. The van der Waals surface area contributed by atoms with Crippen molar-refractivity contribution in [3.05, 3.63) is 24.0 Å². The van der Waals surface area contributed by atoms with E-state index >= 15 is 0 Å². The lowest BCUT2D eigenvalue weighted by atomic mass is 9.89. The lowest BCUT2D eigenvalue weighted by Crippen LogP contribution is -2.42. The Balaban J connectivity index is 1.51. The van der Waals surface area contributed by atoms with Gasteiger partial charge in [0.15, 0.2) is 9.84 Å². The Morgan fingerprint density at radius 3 is 2.47 bits per heavy atom. The summed E-state index contributed by atoms with van der Waals surface area (Å²) in [6.45, 7) is 3.90. The second-order valence-corrected chi connectivity index (χ2v) is 10.4. The Morgan fingerprint density at radius 1 is 1.10 bits per heavy atom. The van der Waals surface area contributed by atoms with Gasteiger partial charge in [0.25, 0.3) is 0 Å². The summed E-state index contributed by atoms with van der Waals surface area (Å²) >= 11 is 0.